The lowest BCUT2D eigenvalue weighted by Gasteiger charge is -2.32. The fraction of sp³-hybridized carbons (Fsp3) is 0.500. The van der Waals surface area contributed by atoms with Crippen molar-refractivity contribution in [2.24, 2.45) is 0 Å². The van der Waals surface area contributed by atoms with Crippen LogP contribution in [0.1, 0.15) is 58.1 Å². The first-order valence-electron chi connectivity index (χ1n) is 8.47. The fourth-order valence-corrected chi connectivity index (χ4v) is 4.86. The van der Waals surface area contributed by atoms with Crippen molar-refractivity contribution in [3.63, 3.8) is 0 Å². The van der Waals surface area contributed by atoms with E-state index in [1.54, 1.807) is 23.7 Å². The third-order valence-electron chi connectivity index (χ3n) is 5.08. The first kappa shape index (κ1) is 14.8. The molecule has 23 heavy (non-hydrogen) atoms. The van der Waals surface area contributed by atoms with E-state index in [2.05, 4.69) is 15.3 Å². The van der Waals surface area contributed by atoms with E-state index in [-0.39, 0.29) is 5.91 Å². The van der Waals surface area contributed by atoms with Crippen LogP contribution in [0.5, 0.6) is 0 Å². The van der Waals surface area contributed by atoms with Crippen LogP contribution < -0.4 is 0 Å². The SMILES string of the molecule is O=C(c1csc2c1CCCC2)N1CCC(c2cnccn2)CC1. The van der Waals surface area contributed by atoms with E-state index in [0.29, 0.717) is 5.92 Å². The summed E-state index contributed by atoms with van der Waals surface area (Å²) in [5.74, 6) is 0.672. The Morgan fingerprint density at radius 3 is 2.78 bits per heavy atom. The first-order chi connectivity index (χ1) is 11.3. The molecule has 3 heterocycles. The van der Waals surface area contributed by atoms with Gasteiger partial charge in [-0.1, -0.05) is 0 Å². The molecule has 1 amide bonds. The van der Waals surface area contributed by atoms with Gasteiger partial charge in [0.25, 0.3) is 5.91 Å². The van der Waals surface area contributed by atoms with Gasteiger partial charge in [-0.25, -0.2) is 0 Å². The van der Waals surface area contributed by atoms with Crippen LogP contribution in [-0.4, -0.2) is 33.9 Å². The van der Waals surface area contributed by atoms with Crippen LogP contribution in [-0.2, 0) is 12.8 Å². The summed E-state index contributed by atoms with van der Waals surface area (Å²) in [7, 11) is 0. The third kappa shape index (κ3) is 2.90. The lowest BCUT2D eigenvalue weighted by molar-refractivity contribution is 0.0711. The predicted molar refractivity (Wildman–Crippen MR) is 90.9 cm³/mol. The van der Waals surface area contributed by atoms with Gasteiger partial charge in [-0.15, -0.1) is 11.3 Å². The minimum absolute atomic E-state index is 0.238. The van der Waals surface area contributed by atoms with Crippen LogP contribution in [0, 0.1) is 0 Å². The number of amides is 1. The second-order valence-corrected chi connectivity index (χ2v) is 7.42. The van der Waals surface area contributed by atoms with Crippen LogP contribution in [0.15, 0.2) is 24.0 Å². The minimum Gasteiger partial charge on any atom is -0.339 e. The number of carbonyl (C=O) groups is 1. The van der Waals surface area contributed by atoms with Gasteiger partial charge in [0.05, 0.1) is 11.3 Å². The monoisotopic (exact) mass is 327 g/mol. The molecule has 1 fully saturated rings. The van der Waals surface area contributed by atoms with E-state index < -0.39 is 0 Å². The van der Waals surface area contributed by atoms with Crippen molar-refractivity contribution in [1.29, 1.82) is 0 Å². The van der Waals surface area contributed by atoms with Gasteiger partial charge in [0.15, 0.2) is 0 Å². The van der Waals surface area contributed by atoms with Crippen molar-refractivity contribution in [1.82, 2.24) is 14.9 Å². The molecule has 1 saturated heterocycles. The van der Waals surface area contributed by atoms with E-state index >= 15 is 0 Å². The van der Waals surface area contributed by atoms with Crippen LogP contribution in [0.25, 0.3) is 0 Å². The Balaban J connectivity index is 1.44. The third-order valence-corrected chi connectivity index (χ3v) is 6.16. The number of nitrogens with zero attached hydrogens (tertiary/aromatic N) is 3. The predicted octanol–water partition coefficient (Wildman–Crippen LogP) is 3.44. The molecule has 4 nitrogen and oxygen atoms in total. The molecule has 0 atom stereocenters. The molecule has 0 bridgehead atoms. The van der Waals surface area contributed by atoms with Crippen molar-refractivity contribution in [2.45, 2.75) is 44.4 Å². The molecule has 2 aromatic rings. The van der Waals surface area contributed by atoms with Crippen LogP contribution >= 0.6 is 11.3 Å². The fourth-order valence-electron chi connectivity index (χ4n) is 3.74. The lowest BCUT2D eigenvalue weighted by Crippen LogP contribution is -2.38. The van der Waals surface area contributed by atoms with E-state index in [0.717, 1.165) is 50.0 Å². The molecule has 0 N–H and O–H groups in total. The normalized spacial score (nSPS) is 18.7. The van der Waals surface area contributed by atoms with Gasteiger partial charge in [-0.05, 0) is 44.1 Å². The van der Waals surface area contributed by atoms with E-state index in [9.17, 15) is 4.79 Å². The Hall–Kier alpha value is -1.75. The molecule has 0 spiro atoms. The highest BCUT2D eigenvalue weighted by molar-refractivity contribution is 7.10. The largest absolute Gasteiger partial charge is 0.339 e. The lowest BCUT2D eigenvalue weighted by atomic mass is 9.92. The van der Waals surface area contributed by atoms with Crippen molar-refractivity contribution < 1.29 is 4.79 Å². The number of fused-ring (bicyclic) bond motifs is 1. The number of carbonyl (C=O) groups excluding carboxylic acids is 1. The zero-order valence-electron chi connectivity index (χ0n) is 13.2. The number of thiophene rings is 1. The summed E-state index contributed by atoms with van der Waals surface area (Å²) >= 11 is 1.78. The van der Waals surface area contributed by atoms with Crippen LogP contribution in [0.4, 0.5) is 0 Å². The topological polar surface area (TPSA) is 46.1 Å². The number of likely N-dealkylation sites (tertiary alicyclic amines) is 1. The molecule has 2 aromatic heterocycles. The summed E-state index contributed by atoms with van der Waals surface area (Å²) in [6.07, 6.45) is 12.0. The molecule has 0 saturated carbocycles. The summed E-state index contributed by atoms with van der Waals surface area (Å²) < 4.78 is 0. The maximum Gasteiger partial charge on any atom is 0.254 e. The molecule has 120 valence electrons. The number of aromatic nitrogens is 2. The average Bonchev–Trinajstić information content (AvgIpc) is 3.06. The van der Waals surface area contributed by atoms with Crippen molar-refractivity contribution in [2.75, 3.05) is 13.1 Å². The Morgan fingerprint density at radius 2 is 2.00 bits per heavy atom. The van der Waals surface area contributed by atoms with Gasteiger partial charge in [-0.3, -0.25) is 14.8 Å². The van der Waals surface area contributed by atoms with Gasteiger partial charge in [-0.2, -0.15) is 0 Å². The smallest absolute Gasteiger partial charge is 0.254 e. The van der Waals surface area contributed by atoms with Crippen molar-refractivity contribution >= 4 is 17.2 Å². The molecule has 1 aliphatic heterocycles. The summed E-state index contributed by atoms with van der Waals surface area (Å²) in [5.41, 5.74) is 3.37. The molecule has 1 aliphatic carbocycles. The number of hydrogen-bond donors (Lipinski definition) is 0. The highest BCUT2D eigenvalue weighted by atomic mass is 32.1. The number of piperidine rings is 1. The molecule has 0 unspecified atom stereocenters. The quantitative estimate of drug-likeness (QED) is 0.849. The summed E-state index contributed by atoms with van der Waals surface area (Å²) in [4.78, 5) is 24.9. The second-order valence-electron chi connectivity index (χ2n) is 6.45. The maximum atomic E-state index is 12.9. The average molecular weight is 327 g/mol. The van der Waals surface area contributed by atoms with Gasteiger partial charge >= 0.3 is 0 Å². The van der Waals surface area contributed by atoms with Gasteiger partial charge in [0, 0.05) is 47.9 Å². The Bertz CT molecular complexity index is 690. The standard InChI is InChI=1S/C18H21N3OS/c22-18(15-12-23-17-4-2-1-3-14(15)17)21-9-5-13(6-10-21)16-11-19-7-8-20-16/h7-8,11-13H,1-6,9-10H2. The molecule has 4 rings (SSSR count). The van der Waals surface area contributed by atoms with E-state index in [1.165, 1.54) is 23.3 Å². The maximum absolute atomic E-state index is 12.9. The Morgan fingerprint density at radius 1 is 1.17 bits per heavy atom. The van der Waals surface area contributed by atoms with Crippen LogP contribution in [0.3, 0.4) is 0 Å². The molecule has 0 aromatic carbocycles. The van der Waals surface area contributed by atoms with Gasteiger partial charge in [0.2, 0.25) is 0 Å². The molecule has 0 radical (unpaired) electrons. The first-order valence-corrected chi connectivity index (χ1v) is 9.35. The van der Waals surface area contributed by atoms with Crippen LogP contribution in [0.2, 0.25) is 0 Å². The van der Waals surface area contributed by atoms with Gasteiger partial charge < -0.3 is 4.90 Å². The zero-order chi connectivity index (χ0) is 15.6. The summed E-state index contributed by atoms with van der Waals surface area (Å²) in [5, 5.41) is 2.09. The van der Waals surface area contributed by atoms with Gasteiger partial charge in [0.1, 0.15) is 0 Å². The van der Waals surface area contributed by atoms with Crippen molar-refractivity contribution in [3.05, 3.63) is 45.7 Å². The summed E-state index contributed by atoms with van der Waals surface area (Å²) in [6, 6.07) is 0. The highest BCUT2D eigenvalue weighted by Crippen LogP contribution is 2.32. The minimum atomic E-state index is 0.238. The number of rotatable bonds is 2. The zero-order valence-corrected chi connectivity index (χ0v) is 14.0. The molecular formula is C18H21N3OS. The summed E-state index contributed by atoms with van der Waals surface area (Å²) in [6.45, 7) is 1.65. The van der Waals surface area contributed by atoms with Crippen molar-refractivity contribution in [3.8, 4) is 0 Å². The molecule has 5 heteroatoms. The van der Waals surface area contributed by atoms with E-state index in [4.69, 9.17) is 0 Å². The Labute approximate surface area is 140 Å². The second kappa shape index (κ2) is 6.40. The van der Waals surface area contributed by atoms with E-state index in [1.807, 2.05) is 11.1 Å². The molecular weight excluding hydrogens is 306 g/mol. The highest BCUT2D eigenvalue weighted by Gasteiger charge is 2.28. The number of hydrogen-bond acceptors (Lipinski definition) is 4. The Kier molecular flexibility index (Phi) is 4.12. The number of aryl methyl sites for hydroxylation is 1. The molecule has 2 aliphatic rings.